The summed E-state index contributed by atoms with van der Waals surface area (Å²) in [6.45, 7) is 2.92. The second kappa shape index (κ2) is 12.7. The Morgan fingerprint density at radius 1 is 0.900 bits per heavy atom. The van der Waals surface area contributed by atoms with E-state index in [2.05, 4.69) is 12.2 Å². The van der Waals surface area contributed by atoms with E-state index in [-0.39, 0.29) is 11.8 Å². The first-order chi connectivity index (χ1) is 14.5. The average Bonchev–Trinajstić information content (AvgIpc) is 2.75. The molecule has 0 bridgehead atoms. The van der Waals surface area contributed by atoms with Crippen LogP contribution in [-0.4, -0.2) is 37.4 Å². The molecule has 1 N–H and O–H groups in total. The van der Waals surface area contributed by atoms with Crippen LogP contribution in [0, 0.1) is 0 Å². The molecule has 0 heterocycles. The lowest BCUT2D eigenvalue weighted by molar-refractivity contribution is -0.128. The second-order valence-electron chi connectivity index (χ2n) is 7.73. The fourth-order valence-corrected chi connectivity index (χ4v) is 3.03. The molecule has 0 atom stereocenters. The molecule has 5 nitrogen and oxygen atoms in total. The quantitative estimate of drug-likeness (QED) is 0.483. The fraction of sp³-hybridized carbons (Fsp3) is 0.440. The lowest BCUT2D eigenvalue weighted by Crippen LogP contribution is -2.21. The van der Waals surface area contributed by atoms with Crippen molar-refractivity contribution in [3.8, 4) is 5.75 Å². The van der Waals surface area contributed by atoms with Gasteiger partial charge in [0.1, 0.15) is 5.75 Å². The van der Waals surface area contributed by atoms with Gasteiger partial charge in [-0.15, -0.1) is 0 Å². The minimum atomic E-state index is -0.156. The number of carbonyl (C=O) groups is 2. The smallest absolute Gasteiger partial charge is 0.255 e. The topological polar surface area (TPSA) is 58.6 Å². The SMILES string of the molecule is CCCCCCCOc1ccc(C(=O)Nc2ccc(CCC(=O)N(C)C)cc2)cc1. The van der Waals surface area contributed by atoms with Gasteiger partial charge in [-0.05, 0) is 54.8 Å². The van der Waals surface area contributed by atoms with Crippen molar-refractivity contribution in [2.75, 3.05) is 26.0 Å². The number of ether oxygens (including phenoxy) is 1. The summed E-state index contributed by atoms with van der Waals surface area (Å²) >= 11 is 0. The molecule has 0 aliphatic rings. The van der Waals surface area contributed by atoms with E-state index < -0.39 is 0 Å². The molecule has 2 amide bonds. The van der Waals surface area contributed by atoms with Crippen molar-refractivity contribution in [3.63, 3.8) is 0 Å². The van der Waals surface area contributed by atoms with Crippen molar-refractivity contribution in [2.24, 2.45) is 0 Å². The summed E-state index contributed by atoms with van der Waals surface area (Å²) in [5, 5.41) is 2.90. The molecule has 0 saturated carbocycles. The van der Waals surface area contributed by atoms with Crippen LogP contribution in [0.1, 0.15) is 61.4 Å². The highest BCUT2D eigenvalue weighted by Crippen LogP contribution is 2.16. The largest absolute Gasteiger partial charge is 0.494 e. The van der Waals surface area contributed by atoms with Gasteiger partial charge in [-0.3, -0.25) is 9.59 Å². The first kappa shape index (κ1) is 23.5. The number of amides is 2. The Morgan fingerprint density at radius 3 is 2.20 bits per heavy atom. The number of carbonyl (C=O) groups excluding carboxylic acids is 2. The van der Waals surface area contributed by atoms with Gasteiger partial charge in [0.05, 0.1) is 6.61 Å². The Hall–Kier alpha value is -2.82. The Balaban J connectivity index is 1.78. The van der Waals surface area contributed by atoms with Gasteiger partial charge >= 0.3 is 0 Å². The van der Waals surface area contributed by atoms with Gasteiger partial charge < -0.3 is 15.0 Å². The summed E-state index contributed by atoms with van der Waals surface area (Å²) in [6.07, 6.45) is 7.20. The van der Waals surface area contributed by atoms with Gasteiger partial charge in [0.25, 0.3) is 5.91 Å². The molecule has 0 radical (unpaired) electrons. The third-order valence-electron chi connectivity index (χ3n) is 4.97. The van der Waals surface area contributed by atoms with Gasteiger partial charge in [-0.2, -0.15) is 0 Å². The maximum Gasteiger partial charge on any atom is 0.255 e. The zero-order chi connectivity index (χ0) is 21.8. The highest BCUT2D eigenvalue weighted by atomic mass is 16.5. The third kappa shape index (κ3) is 8.27. The van der Waals surface area contributed by atoms with Crippen LogP contribution in [0.25, 0.3) is 0 Å². The van der Waals surface area contributed by atoms with E-state index in [0.29, 0.717) is 25.0 Å². The molecule has 0 aromatic heterocycles. The maximum absolute atomic E-state index is 12.5. The molecule has 0 unspecified atom stereocenters. The monoisotopic (exact) mass is 410 g/mol. The molecule has 0 fully saturated rings. The minimum Gasteiger partial charge on any atom is -0.494 e. The highest BCUT2D eigenvalue weighted by molar-refractivity contribution is 6.04. The molecule has 2 rings (SSSR count). The lowest BCUT2D eigenvalue weighted by atomic mass is 10.1. The van der Waals surface area contributed by atoms with Crippen molar-refractivity contribution >= 4 is 17.5 Å². The summed E-state index contributed by atoms with van der Waals surface area (Å²) < 4.78 is 5.75. The molecule has 0 spiro atoms. The number of nitrogens with zero attached hydrogens (tertiary/aromatic N) is 1. The summed E-state index contributed by atoms with van der Waals surface area (Å²) in [7, 11) is 3.52. The number of nitrogens with one attached hydrogen (secondary N) is 1. The number of anilines is 1. The number of benzene rings is 2. The van der Waals surface area contributed by atoms with Crippen LogP contribution < -0.4 is 10.1 Å². The van der Waals surface area contributed by atoms with E-state index in [9.17, 15) is 9.59 Å². The Kier molecular flexibility index (Phi) is 9.92. The van der Waals surface area contributed by atoms with Crippen LogP contribution in [0.4, 0.5) is 5.69 Å². The van der Waals surface area contributed by atoms with Crippen LogP contribution in [0.2, 0.25) is 0 Å². The van der Waals surface area contributed by atoms with E-state index in [1.807, 2.05) is 36.4 Å². The molecule has 5 heteroatoms. The first-order valence-corrected chi connectivity index (χ1v) is 10.8. The molecule has 0 aliphatic heterocycles. The number of aryl methyl sites for hydroxylation is 1. The molecular weight excluding hydrogens is 376 g/mol. The average molecular weight is 411 g/mol. The van der Waals surface area contributed by atoms with Crippen LogP contribution in [0.5, 0.6) is 5.75 Å². The van der Waals surface area contributed by atoms with Gasteiger partial charge in [-0.1, -0.05) is 44.7 Å². The number of unbranched alkanes of at least 4 members (excludes halogenated alkanes) is 4. The predicted molar refractivity (Wildman–Crippen MR) is 122 cm³/mol. The second-order valence-corrected chi connectivity index (χ2v) is 7.73. The van der Waals surface area contributed by atoms with Crippen molar-refractivity contribution < 1.29 is 14.3 Å². The van der Waals surface area contributed by atoms with E-state index in [0.717, 1.165) is 23.4 Å². The Morgan fingerprint density at radius 2 is 1.57 bits per heavy atom. The molecule has 0 saturated heterocycles. The van der Waals surface area contributed by atoms with Gasteiger partial charge in [0.15, 0.2) is 0 Å². The number of rotatable bonds is 12. The van der Waals surface area contributed by atoms with Crippen molar-refractivity contribution in [1.82, 2.24) is 4.90 Å². The fourth-order valence-electron chi connectivity index (χ4n) is 3.03. The standard InChI is InChI=1S/C25H34N2O3/c1-4-5-6-7-8-19-30-23-16-12-21(13-17-23)25(29)26-22-14-9-20(10-15-22)11-18-24(28)27(2)3/h9-10,12-17H,4-8,11,18-19H2,1-3H3,(H,26,29). The zero-order valence-corrected chi connectivity index (χ0v) is 18.4. The van der Waals surface area contributed by atoms with Crippen LogP contribution >= 0.6 is 0 Å². The summed E-state index contributed by atoms with van der Waals surface area (Å²) in [5.74, 6) is 0.742. The number of hydrogen-bond acceptors (Lipinski definition) is 3. The molecule has 162 valence electrons. The Bertz CT molecular complexity index is 783. The maximum atomic E-state index is 12.5. The summed E-state index contributed by atoms with van der Waals surface area (Å²) in [6, 6.07) is 14.8. The van der Waals surface area contributed by atoms with E-state index in [1.165, 1.54) is 25.7 Å². The van der Waals surface area contributed by atoms with E-state index in [1.54, 1.807) is 31.1 Å². The van der Waals surface area contributed by atoms with Gasteiger partial charge in [0.2, 0.25) is 5.91 Å². The molecule has 30 heavy (non-hydrogen) atoms. The Labute approximate surface area is 180 Å². The summed E-state index contributed by atoms with van der Waals surface area (Å²) in [4.78, 5) is 25.7. The molecule has 0 aliphatic carbocycles. The minimum absolute atomic E-state index is 0.108. The van der Waals surface area contributed by atoms with Gasteiger partial charge in [-0.25, -0.2) is 0 Å². The first-order valence-electron chi connectivity index (χ1n) is 10.8. The van der Waals surface area contributed by atoms with Crippen LogP contribution in [-0.2, 0) is 11.2 Å². The zero-order valence-electron chi connectivity index (χ0n) is 18.4. The van der Waals surface area contributed by atoms with Crippen LogP contribution in [0.15, 0.2) is 48.5 Å². The normalized spacial score (nSPS) is 10.5. The van der Waals surface area contributed by atoms with E-state index >= 15 is 0 Å². The molecule has 2 aromatic carbocycles. The number of hydrogen-bond donors (Lipinski definition) is 1. The van der Waals surface area contributed by atoms with Crippen molar-refractivity contribution in [2.45, 2.75) is 51.9 Å². The van der Waals surface area contributed by atoms with Gasteiger partial charge in [0, 0.05) is 31.8 Å². The third-order valence-corrected chi connectivity index (χ3v) is 4.97. The van der Waals surface area contributed by atoms with Crippen molar-refractivity contribution in [1.29, 1.82) is 0 Å². The van der Waals surface area contributed by atoms with Crippen LogP contribution in [0.3, 0.4) is 0 Å². The van der Waals surface area contributed by atoms with Crippen molar-refractivity contribution in [3.05, 3.63) is 59.7 Å². The summed E-state index contributed by atoms with van der Waals surface area (Å²) in [5.41, 5.74) is 2.39. The van der Waals surface area contributed by atoms with E-state index in [4.69, 9.17) is 4.74 Å². The molecular formula is C25H34N2O3. The highest BCUT2D eigenvalue weighted by Gasteiger charge is 2.08. The lowest BCUT2D eigenvalue weighted by Gasteiger charge is -2.10. The predicted octanol–water partition coefficient (Wildman–Crippen LogP) is 5.31. The molecule has 2 aromatic rings.